The molecule has 22 heavy (non-hydrogen) atoms. The lowest BCUT2D eigenvalue weighted by molar-refractivity contribution is 0.0428. The molecule has 2 heterocycles. The summed E-state index contributed by atoms with van der Waals surface area (Å²) >= 11 is 0. The van der Waals surface area contributed by atoms with Gasteiger partial charge in [-0.3, -0.25) is 9.80 Å². The summed E-state index contributed by atoms with van der Waals surface area (Å²) in [5, 5.41) is 0. The summed E-state index contributed by atoms with van der Waals surface area (Å²) in [4.78, 5) is 9.45. The molecule has 0 radical (unpaired) electrons. The van der Waals surface area contributed by atoms with Crippen LogP contribution in [0.25, 0.3) is 0 Å². The Hall–Kier alpha value is -0.910. The van der Waals surface area contributed by atoms with E-state index in [9.17, 15) is 0 Å². The van der Waals surface area contributed by atoms with E-state index in [-0.39, 0.29) is 5.41 Å². The van der Waals surface area contributed by atoms with Gasteiger partial charge < -0.3 is 9.15 Å². The molecule has 1 saturated heterocycles. The van der Waals surface area contributed by atoms with Crippen molar-refractivity contribution in [3.63, 3.8) is 0 Å². The molecule has 1 aliphatic rings. The smallest absolute Gasteiger partial charge is 0.208 e. The minimum atomic E-state index is 0.0239. The molecule has 1 aromatic heterocycles. The standard InChI is InChI=1S/C17H31N3O2/c1-6-14-12-19(7-8-20(14)9-10-21-5)13-16-18-11-15(22-16)17(2,3)4/h11,14H,6-10,12-13H2,1-5H3. The Labute approximate surface area is 134 Å². The van der Waals surface area contributed by atoms with Crippen LogP contribution in [0.15, 0.2) is 10.6 Å². The van der Waals surface area contributed by atoms with Crippen LogP contribution < -0.4 is 0 Å². The van der Waals surface area contributed by atoms with Gasteiger partial charge in [-0.05, 0) is 6.42 Å². The third-order valence-electron chi connectivity index (χ3n) is 4.39. The van der Waals surface area contributed by atoms with Gasteiger partial charge in [-0.1, -0.05) is 27.7 Å². The summed E-state index contributed by atoms with van der Waals surface area (Å²) in [6, 6.07) is 0.598. The number of methoxy groups -OCH3 is 1. The van der Waals surface area contributed by atoms with Crippen LogP contribution in [0.4, 0.5) is 0 Å². The van der Waals surface area contributed by atoms with Crippen molar-refractivity contribution in [2.24, 2.45) is 0 Å². The molecule has 1 atom stereocenters. The van der Waals surface area contributed by atoms with E-state index in [1.165, 1.54) is 6.42 Å². The predicted octanol–water partition coefficient (Wildman–Crippen LogP) is 2.51. The zero-order chi connectivity index (χ0) is 16.2. The summed E-state index contributed by atoms with van der Waals surface area (Å²) < 4.78 is 11.1. The van der Waals surface area contributed by atoms with Crippen LogP contribution in [0, 0.1) is 0 Å². The van der Waals surface area contributed by atoms with E-state index < -0.39 is 0 Å². The molecule has 0 bridgehead atoms. The molecule has 0 aromatic carbocycles. The Morgan fingerprint density at radius 1 is 1.36 bits per heavy atom. The number of hydrogen-bond acceptors (Lipinski definition) is 5. The van der Waals surface area contributed by atoms with Gasteiger partial charge in [0.05, 0.1) is 19.3 Å². The first-order chi connectivity index (χ1) is 10.4. The summed E-state index contributed by atoms with van der Waals surface area (Å²) in [5.41, 5.74) is 0.0239. The molecule has 0 amide bonds. The SMILES string of the molecule is CCC1CN(Cc2ncc(C(C)(C)C)o2)CCN1CCOC. The molecule has 1 fully saturated rings. The van der Waals surface area contributed by atoms with E-state index in [1.807, 2.05) is 6.20 Å². The van der Waals surface area contributed by atoms with Gasteiger partial charge in [0.15, 0.2) is 0 Å². The summed E-state index contributed by atoms with van der Waals surface area (Å²) in [6.45, 7) is 14.6. The number of piperazine rings is 1. The first kappa shape index (κ1) is 17.4. The fourth-order valence-corrected chi connectivity index (χ4v) is 2.91. The summed E-state index contributed by atoms with van der Waals surface area (Å²) in [7, 11) is 1.77. The Kier molecular flexibility index (Phi) is 6.01. The van der Waals surface area contributed by atoms with Crippen molar-refractivity contribution < 1.29 is 9.15 Å². The molecule has 0 spiro atoms. The van der Waals surface area contributed by atoms with Crippen LogP contribution in [0.5, 0.6) is 0 Å². The second-order valence-corrected chi connectivity index (χ2v) is 7.19. The maximum atomic E-state index is 5.93. The first-order valence-electron chi connectivity index (χ1n) is 8.34. The lowest BCUT2D eigenvalue weighted by atomic mass is 9.94. The molecular formula is C17H31N3O2. The largest absolute Gasteiger partial charge is 0.444 e. The van der Waals surface area contributed by atoms with E-state index in [0.29, 0.717) is 6.04 Å². The van der Waals surface area contributed by atoms with Crippen molar-refractivity contribution in [1.82, 2.24) is 14.8 Å². The van der Waals surface area contributed by atoms with Crippen molar-refractivity contribution in [3.05, 3.63) is 17.8 Å². The summed E-state index contributed by atoms with van der Waals surface area (Å²) in [6.07, 6.45) is 3.04. The maximum absolute atomic E-state index is 5.93. The normalized spacial score (nSPS) is 21.4. The van der Waals surface area contributed by atoms with Gasteiger partial charge >= 0.3 is 0 Å². The van der Waals surface area contributed by atoms with Crippen LogP contribution in [-0.2, 0) is 16.7 Å². The number of hydrogen-bond donors (Lipinski definition) is 0. The van der Waals surface area contributed by atoms with Crippen LogP contribution in [0.2, 0.25) is 0 Å². The monoisotopic (exact) mass is 309 g/mol. The van der Waals surface area contributed by atoms with Crippen molar-refractivity contribution in [2.75, 3.05) is 39.9 Å². The highest BCUT2D eigenvalue weighted by atomic mass is 16.5. The van der Waals surface area contributed by atoms with Gasteiger partial charge in [0, 0.05) is 44.7 Å². The molecule has 1 aromatic rings. The highest BCUT2D eigenvalue weighted by Crippen LogP contribution is 2.23. The highest BCUT2D eigenvalue weighted by molar-refractivity contribution is 5.06. The minimum Gasteiger partial charge on any atom is -0.444 e. The topological polar surface area (TPSA) is 41.7 Å². The van der Waals surface area contributed by atoms with E-state index in [4.69, 9.17) is 9.15 Å². The molecule has 1 unspecified atom stereocenters. The average Bonchev–Trinajstić information content (AvgIpc) is 2.94. The molecule has 0 N–H and O–H groups in total. The summed E-state index contributed by atoms with van der Waals surface area (Å²) in [5.74, 6) is 1.80. The molecule has 0 aliphatic carbocycles. The van der Waals surface area contributed by atoms with E-state index in [2.05, 4.69) is 42.5 Å². The Morgan fingerprint density at radius 3 is 2.73 bits per heavy atom. The van der Waals surface area contributed by atoms with Crippen molar-refractivity contribution in [3.8, 4) is 0 Å². The lowest BCUT2D eigenvalue weighted by Crippen LogP contribution is -2.53. The molecule has 5 nitrogen and oxygen atoms in total. The van der Waals surface area contributed by atoms with E-state index >= 15 is 0 Å². The predicted molar refractivity (Wildman–Crippen MR) is 88.0 cm³/mol. The maximum Gasteiger partial charge on any atom is 0.208 e. The average molecular weight is 309 g/mol. The zero-order valence-electron chi connectivity index (χ0n) is 14.8. The van der Waals surface area contributed by atoms with Crippen molar-refractivity contribution in [2.45, 2.75) is 52.1 Å². The number of aromatic nitrogens is 1. The third-order valence-corrected chi connectivity index (χ3v) is 4.39. The van der Waals surface area contributed by atoms with Gasteiger partial charge in [-0.2, -0.15) is 0 Å². The van der Waals surface area contributed by atoms with Crippen LogP contribution in [-0.4, -0.2) is 60.7 Å². The van der Waals surface area contributed by atoms with Crippen molar-refractivity contribution >= 4 is 0 Å². The second-order valence-electron chi connectivity index (χ2n) is 7.19. The molecular weight excluding hydrogens is 278 g/mol. The van der Waals surface area contributed by atoms with E-state index in [0.717, 1.165) is 51.0 Å². The van der Waals surface area contributed by atoms with Gasteiger partial charge in [0.2, 0.25) is 5.89 Å². The number of oxazole rings is 1. The molecule has 0 saturated carbocycles. The quantitative estimate of drug-likeness (QED) is 0.807. The Balaban J connectivity index is 1.90. The Bertz CT molecular complexity index is 453. The van der Waals surface area contributed by atoms with Crippen LogP contribution in [0.1, 0.15) is 45.8 Å². The Morgan fingerprint density at radius 2 is 2.14 bits per heavy atom. The van der Waals surface area contributed by atoms with Gasteiger partial charge in [0.1, 0.15) is 5.76 Å². The van der Waals surface area contributed by atoms with E-state index in [1.54, 1.807) is 7.11 Å². The zero-order valence-corrected chi connectivity index (χ0v) is 14.8. The lowest BCUT2D eigenvalue weighted by Gasteiger charge is -2.40. The molecule has 2 rings (SSSR count). The number of ether oxygens (including phenoxy) is 1. The molecule has 1 aliphatic heterocycles. The fraction of sp³-hybridized carbons (Fsp3) is 0.824. The molecule has 126 valence electrons. The number of nitrogens with zero attached hydrogens (tertiary/aromatic N) is 3. The van der Waals surface area contributed by atoms with Gasteiger partial charge in [-0.15, -0.1) is 0 Å². The molecule has 5 heteroatoms. The van der Waals surface area contributed by atoms with Gasteiger partial charge in [-0.25, -0.2) is 4.98 Å². The van der Waals surface area contributed by atoms with Crippen LogP contribution >= 0.6 is 0 Å². The van der Waals surface area contributed by atoms with Crippen LogP contribution in [0.3, 0.4) is 0 Å². The second kappa shape index (κ2) is 7.57. The third kappa shape index (κ3) is 4.54. The minimum absolute atomic E-state index is 0.0239. The fourth-order valence-electron chi connectivity index (χ4n) is 2.91. The number of rotatable bonds is 6. The van der Waals surface area contributed by atoms with Gasteiger partial charge in [0.25, 0.3) is 0 Å². The first-order valence-corrected chi connectivity index (χ1v) is 8.34. The van der Waals surface area contributed by atoms with Crippen molar-refractivity contribution in [1.29, 1.82) is 0 Å². The highest BCUT2D eigenvalue weighted by Gasteiger charge is 2.27.